The number of ether oxygens (including phenoxy) is 1. The molecule has 5 nitrogen and oxygen atoms in total. The predicted molar refractivity (Wildman–Crippen MR) is 65.1 cm³/mol. The van der Waals surface area contributed by atoms with Gasteiger partial charge in [-0.2, -0.15) is 4.37 Å². The number of piperidine rings is 1. The van der Waals surface area contributed by atoms with E-state index in [4.69, 9.17) is 10.5 Å². The Morgan fingerprint density at radius 1 is 1.62 bits per heavy atom. The summed E-state index contributed by atoms with van der Waals surface area (Å²) < 4.78 is 9.31. The molecule has 1 aliphatic rings. The van der Waals surface area contributed by atoms with Crippen LogP contribution in [0.3, 0.4) is 0 Å². The third-order valence-electron chi connectivity index (χ3n) is 3.07. The third-order valence-corrected chi connectivity index (χ3v) is 3.97. The average molecular weight is 243 g/mol. The van der Waals surface area contributed by atoms with Gasteiger partial charge in [-0.15, -0.1) is 0 Å². The smallest absolute Gasteiger partial charge is 0.197 e. The summed E-state index contributed by atoms with van der Waals surface area (Å²) in [5.41, 5.74) is 5.71. The van der Waals surface area contributed by atoms with Crippen molar-refractivity contribution < 1.29 is 9.84 Å². The first-order valence-electron chi connectivity index (χ1n) is 5.35. The van der Waals surface area contributed by atoms with E-state index >= 15 is 0 Å². The first kappa shape index (κ1) is 11.5. The molecule has 90 valence electrons. The Hall–Kier alpha value is -1.01. The average Bonchev–Trinajstić information content (AvgIpc) is 2.63. The number of rotatable bonds is 2. The van der Waals surface area contributed by atoms with Gasteiger partial charge in [-0.1, -0.05) is 6.92 Å². The normalized spacial score (nSPS) is 25.8. The molecule has 0 saturated carbocycles. The molecular weight excluding hydrogens is 226 g/mol. The summed E-state index contributed by atoms with van der Waals surface area (Å²) in [5.74, 6) is 1.41. The van der Waals surface area contributed by atoms with Gasteiger partial charge in [-0.25, -0.2) is 0 Å². The van der Waals surface area contributed by atoms with E-state index in [2.05, 4.69) is 16.2 Å². The highest BCUT2D eigenvalue weighted by atomic mass is 32.1. The second-order valence-electron chi connectivity index (χ2n) is 4.19. The fourth-order valence-electron chi connectivity index (χ4n) is 1.91. The van der Waals surface area contributed by atoms with Crippen LogP contribution in [0, 0.1) is 5.92 Å². The molecule has 0 aliphatic carbocycles. The SMILES string of the molecule is COc1c(N)nsc1N1CCC(C)C(O)C1. The summed E-state index contributed by atoms with van der Waals surface area (Å²) in [6, 6.07) is 0. The minimum atomic E-state index is -0.290. The second kappa shape index (κ2) is 4.47. The molecule has 0 bridgehead atoms. The van der Waals surface area contributed by atoms with Gasteiger partial charge in [-0.3, -0.25) is 0 Å². The maximum absolute atomic E-state index is 9.85. The molecule has 2 heterocycles. The number of anilines is 2. The van der Waals surface area contributed by atoms with Crippen molar-refractivity contribution in [3.05, 3.63) is 0 Å². The van der Waals surface area contributed by atoms with Gasteiger partial charge in [0.2, 0.25) is 0 Å². The Bertz CT molecular complexity index is 369. The Kier molecular flexibility index (Phi) is 3.20. The summed E-state index contributed by atoms with van der Waals surface area (Å²) in [7, 11) is 1.59. The van der Waals surface area contributed by atoms with E-state index < -0.39 is 0 Å². The van der Waals surface area contributed by atoms with Crippen LogP contribution in [0.5, 0.6) is 5.75 Å². The van der Waals surface area contributed by atoms with Gasteiger partial charge >= 0.3 is 0 Å². The van der Waals surface area contributed by atoms with Crippen LogP contribution in [-0.2, 0) is 0 Å². The number of methoxy groups -OCH3 is 1. The van der Waals surface area contributed by atoms with E-state index in [9.17, 15) is 5.11 Å². The van der Waals surface area contributed by atoms with Crippen molar-refractivity contribution in [3.8, 4) is 5.75 Å². The predicted octanol–water partition coefficient (Wildman–Crippen LogP) is 0.941. The van der Waals surface area contributed by atoms with E-state index in [0.717, 1.165) is 18.0 Å². The molecule has 0 amide bonds. The lowest BCUT2D eigenvalue weighted by molar-refractivity contribution is 0.103. The fourth-order valence-corrected chi connectivity index (χ4v) is 2.73. The van der Waals surface area contributed by atoms with Crippen molar-refractivity contribution >= 4 is 22.4 Å². The highest BCUT2D eigenvalue weighted by Crippen LogP contribution is 2.39. The van der Waals surface area contributed by atoms with Crippen LogP contribution >= 0.6 is 11.5 Å². The van der Waals surface area contributed by atoms with Crippen molar-refractivity contribution in [3.63, 3.8) is 0 Å². The van der Waals surface area contributed by atoms with E-state index in [1.54, 1.807) is 7.11 Å². The van der Waals surface area contributed by atoms with Crippen molar-refractivity contribution in [2.75, 3.05) is 30.8 Å². The maximum atomic E-state index is 9.85. The molecule has 3 N–H and O–H groups in total. The zero-order valence-electron chi connectivity index (χ0n) is 9.51. The number of aromatic nitrogens is 1. The maximum Gasteiger partial charge on any atom is 0.197 e. The Labute approximate surface area is 99.0 Å². The summed E-state index contributed by atoms with van der Waals surface area (Å²) in [5, 5.41) is 10.8. The Balaban J connectivity index is 2.18. The number of hydrogen-bond donors (Lipinski definition) is 2. The van der Waals surface area contributed by atoms with Crippen LogP contribution in [0.2, 0.25) is 0 Å². The van der Waals surface area contributed by atoms with Crippen molar-refractivity contribution in [1.29, 1.82) is 0 Å². The van der Waals surface area contributed by atoms with Crippen LogP contribution in [0.15, 0.2) is 0 Å². The van der Waals surface area contributed by atoms with E-state index in [0.29, 0.717) is 24.0 Å². The number of aliphatic hydroxyl groups excluding tert-OH is 1. The molecule has 2 rings (SSSR count). The second-order valence-corrected chi connectivity index (χ2v) is 4.94. The molecule has 0 aromatic carbocycles. The van der Waals surface area contributed by atoms with Gasteiger partial charge in [0.25, 0.3) is 0 Å². The molecule has 0 radical (unpaired) electrons. The van der Waals surface area contributed by atoms with Gasteiger partial charge in [0, 0.05) is 13.1 Å². The van der Waals surface area contributed by atoms with E-state index in [1.165, 1.54) is 11.5 Å². The number of nitrogen functional groups attached to an aromatic ring is 1. The lowest BCUT2D eigenvalue weighted by atomic mass is 9.96. The van der Waals surface area contributed by atoms with Gasteiger partial charge in [0.1, 0.15) is 0 Å². The summed E-state index contributed by atoms with van der Waals surface area (Å²) in [4.78, 5) is 2.09. The van der Waals surface area contributed by atoms with Crippen molar-refractivity contribution in [1.82, 2.24) is 4.37 Å². The van der Waals surface area contributed by atoms with Gasteiger partial charge in [0.05, 0.1) is 13.2 Å². The van der Waals surface area contributed by atoms with Crippen molar-refractivity contribution in [2.45, 2.75) is 19.4 Å². The number of β-amino-alcohol motifs (C(OH)–C–C–N with tert-alkyl or cyclic N) is 1. The van der Waals surface area contributed by atoms with Crippen LogP contribution in [0.25, 0.3) is 0 Å². The molecule has 0 spiro atoms. The molecule has 1 saturated heterocycles. The molecule has 6 heteroatoms. The Morgan fingerprint density at radius 2 is 2.38 bits per heavy atom. The first-order chi connectivity index (χ1) is 7.63. The summed E-state index contributed by atoms with van der Waals surface area (Å²) in [6.45, 7) is 3.61. The fraction of sp³-hybridized carbons (Fsp3) is 0.700. The summed E-state index contributed by atoms with van der Waals surface area (Å²) in [6.07, 6.45) is 0.684. The number of nitrogens with zero attached hydrogens (tertiary/aromatic N) is 2. The zero-order chi connectivity index (χ0) is 11.7. The number of nitrogens with two attached hydrogens (primary N) is 1. The van der Waals surface area contributed by atoms with Gasteiger partial charge in [0.15, 0.2) is 16.6 Å². The molecule has 2 unspecified atom stereocenters. The van der Waals surface area contributed by atoms with E-state index in [1.807, 2.05) is 0 Å². The minimum absolute atomic E-state index is 0.290. The Morgan fingerprint density at radius 3 is 3.00 bits per heavy atom. The molecule has 16 heavy (non-hydrogen) atoms. The van der Waals surface area contributed by atoms with Crippen LogP contribution in [0.4, 0.5) is 10.8 Å². The molecule has 1 aromatic rings. The number of hydrogen-bond acceptors (Lipinski definition) is 6. The zero-order valence-corrected chi connectivity index (χ0v) is 10.3. The molecule has 1 aliphatic heterocycles. The molecular formula is C10H17N3O2S. The number of aliphatic hydroxyl groups is 1. The lowest BCUT2D eigenvalue weighted by Crippen LogP contribution is -2.42. The topological polar surface area (TPSA) is 71.6 Å². The standard InChI is InChI=1S/C10H17N3O2S/c1-6-3-4-13(5-7(6)14)10-8(15-2)9(11)12-16-10/h6-7,14H,3-5H2,1-2H3,(H2,11,12). The largest absolute Gasteiger partial charge is 0.490 e. The van der Waals surface area contributed by atoms with E-state index in [-0.39, 0.29) is 6.10 Å². The molecule has 1 fully saturated rings. The van der Waals surface area contributed by atoms with Crippen LogP contribution < -0.4 is 15.4 Å². The third kappa shape index (κ3) is 1.94. The highest BCUT2D eigenvalue weighted by Gasteiger charge is 2.28. The highest BCUT2D eigenvalue weighted by molar-refractivity contribution is 7.11. The van der Waals surface area contributed by atoms with Gasteiger partial charge in [-0.05, 0) is 23.9 Å². The van der Waals surface area contributed by atoms with Crippen LogP contribution in [-0.4, -0.2) is 35.8 Å². The minimum Gasteiger partial charge on any atom is -0.490 e. The monoisotopic (exact) mass is 243 g/mol. The quantitative estimate of drug-likeness (QED) is 0.809. The molecule has 2 atom stereocenters. The van der Waals surface area contributed by atoms with Crippen molar-refractivity contribution in [2.24, 2.45) is 5.92 Å². The summed E-state index contributed by atoms with van der Waals surface area (Å²) >= 11 is 1.33. The van der Waals surface area contributed by atoms with Crippen LogP contribution in [0.1, 0.15) is 13.3 Å². The lowest BCUT2D eigenvalue weighted by Gasteiger charge is -2.34. The molecule has 1 aromatic heterocycles. The van der Waals surface area contributed by atoms with Gasteiger partial charge < -0.3 is 20.5 Å². The first-order valence-corrected chi connectivity index (χ1v) is 6.13.